The average Bonchev–Trinajstić information content (AvgIpc) is 2.98. The molecule has 0 radical (unpaired) electrons. The molecule has 2 aromatic rings. The molecular weight excluding hydrogens is 284 g/mol. The SMILES string of the molecule is COc1cc(NC2c3ccsc3C=CN2C)cc(OC)c1. The molecule has 1 N–H and O–H groups in total. The van der Waals surface area contributed by atoms with Crippen LogP contribution in [0.15, 0.2) is 35.8 Å². The molecule has 1 aromatic heterocycles. The van der Waals surface area contributed by atoms with Gasteiger partial charge in [-0.15, -0.1) is 11.3 Å². The summed E-state index contributed by atoms with van der Waals surface area (Å²) in [5.74, 6) is 1.55. The van der Waals surface area contributed by atoms with Crippen molar-refractivity contribution < 1.29 is 9.47 Å². The fourth-order valence-electron chi connectivity index (χ4n) is 2.41. The Labute approximate surface area is 128 Å². The summed E-state index contributed by atoms with van der Waals surface area (Å²) in [4.78, 5) is 3.45. The summed E-state index contributed by atoms with van der Waals surface area (Å²) < 4.78 is 10.6. The second-order valence-electron chi connectivity index (χ2n) is 4.87. The number of benzene rings is 1. The van der Waals surface area contributed by atoms with Crippen LogP contribution in [0, 0.1) is 0 Å². The van der Waals surface area contributed by atoms with Crippen LogP contribution in [-0.4, -0.2) is 26.2 Å². The maximum Gasteiger partial charge on any atom is 0.126 e. The van der Waals surface area contributed by atoms with Crippen LogP contribution in [0.5, 0.6) is 11.5 Å². The van der Waals surface area contributed by atoms with E-state index in [4.69, 9.17) is 9.47 Å². The van der Waals surface area contributed by atoms with Crippen LogP contribution in [0.3, 0.4) is 0 Å². The Morgan fingerprint density at radius 3 is 2.52 bits per heavy atom. The second-order valence-corrected chi connectivity index (χ2v) is 5.82. The Bertz CT molecular complexity index is 644. The second kappa shape index (κ2) is 5.69. The molecular formula is C16H18N2O2S. The third-order valence-electron chi connectivity index (χ3n) is 3.54. The zero-order chi connectivity index (χ0) is 14.8. The molecule has 3 rings (SSSR count). The summed E-state index contributed by atoms with van der Waals surface area (Å²) in [6.07, 6.45) is 4.34. The highest BCUT2D eigenvalue weighted by molar-refractivity contribution is 7.11. The highest BCUT2D eigenvalue weighted by atomic mass is 32.1. The molecule has 0 bridgehead atoms. The highest BCUT2D eigenvalue weighted by Gasteiger charge is 2.22. The molecule has 1 aliphatic rings. The lowest BCUT2D eigenvalue weighted by molar-refractivity contribution is 0.367. The minimum absolute atomic E-state index is 0.105. The molecule has 0 saturated carbocycles. The van der Waals surface area contributed by atoms with E-state index >= 15 is 0 Å². The van der Waals surface area contributed by atoms with Gasteiger partial charge in [0.1, 0.15) is 17.7 Å². The van der Waals surface area contributed by atoms with Gasteiger partial charge < -0.3 is 19.7 Å². The number of fused-ring (bicyclic) bond motifs is 1. The molecule has 1 unspecified atom stereocenters. The van der Waals surface area contributed by atoms with Crippen LogP contribution >= 0.6 is 11.3 Å². The number of hydrogen-bond donors (Lipinski definition) is 1. The number of nitrogens with one attached hydrogen (secondary N) is 1. The van der Waals surface area contributed by atoms with Gasteiger partial charge in [-0.3, -0.25) is 0 Å². The van der Waals surface area contributed by atoms with Crippen LogP contribution < -0.4 is 14.8 Å². The van der Waals surface area contributed by atoms with Gasteiger partial charge >= 0.3 is 0 Å². The molecule has 1 atom stereocenters. The standard InChI is InChI=1S/C16H18N2O2S/c1-18-6-4-15-14(5-7-21-15)16(18)17-11-8-12(19-2)10-13(9-11)20-3/h4-10,16-17H,1-3H3. The lowest BCUT2D eigenvalue weighted by atomic mass is 10.1. The lowest BCUT2D eigenvalue weighted by Crippen LogP contribution is -2.28. The van der Waals surface area contributed by atoms with Crippen molar-refractivity contribution in [3.8, 4) is 11.5 Å². The molecule has 21 heavy (non-hydrogen) atoms. The minimum Gasteiger partial charge on any atom is -0.497 e. The Morgan fingerprint density at radius 2 is 1.86 bits per heavy atom. The number of anilines is 1. The number of hydrogen-bond acceptors (Lipinski definition) is 5. The maximum absolute atomic E-state index is 5.32. The van der Waals surface area contributed by atoms with Crippen molar-refractivity contribution in [1.82, 2.24) is 4.90 Å². The number of methoxy groups -OCH3 is 2. The molecule has 0 amide bonds. The van der Waals surface area contributed by atoms with Crippen molar-refractivity contribution >= 4 is 23.1 Å². The van der Waals surface area contributed by atoms with E-state index in [1.165, 1.54) is 10.4 Å². The summed E-state index contributed by atoms with van der Waals surface area (Å²) in [6, 6.07) is 7.97. The zero-order valence-electron chi connectivity index (χ0n) is 12.3. The Hall–Kier alpha value is -2.14. The first-order valence-corrected chi connectivity index (χ1v) is 7.56. The number of thiophene rings is 1. The third-order valence-corrected chi connectivity index (χ3v) is 4.44. The maximum atomic E-state index is 5.32. The van der Waals surface area contributed by atoms with E-state index < -0.39 is 0 Å². The predicted octanol–water partition coefficient (Wildman–Crippen LogP) is 3.79. The van der Waals surface area contributed by atoms with Gasteiger partial charge in [0.2, 0.25) is 0 Å². The van der Waals surface area contributed by atoms with Crippen molar-refractivity contribution in [2.24, 2.45) is 0 Å². The normalized spacial score (nSPS) is 16.5. The molecule has 0 aliphatic carbocycles. The summed E-state index contributed by atoms with van der Waals surface area (Å²) >= 11 is 1.75. The van der Waals surface area contributed by atoms with Gasteiger partial charge in [0.05, 0.1) is 14.2 Å². The van der Waals surface area contributed by atoms with Crippen LogP contribution in [-0.2, 0) is 0 Å². The molecule has 110 valence electrons. The van der Waals surface area contributed by atoms with Gasteiger partial charge in [-0.25, -0.2) is 0 Å². The van der Waals surface area contributed by atoms with Crippen LogP contribution in [0.1, 0.15) is 16.6 Å². The third kappa shape index (κ3) is 2.69. The highest BCUT2D eigenvalue weighted by Crippen LogP contribution is 2.35. The van der Waals surface area contributed by atoms with Crippen LogP contribution in [0.4, 0.5) is 5.69 Å². The lowest BCUT2D eigenvalue weighted by Gasteiger charge is -2.31. The van der Waals surface area contributed by atoms with E-state index in [1.54, 1.807) is 25.6 Å². The van der Waals surface area contributed by atoms with E-state index in [2.05, 4.69) is 41.0 Å². The Kier molecular flexibility index (Phi) is 3.75. The van der Waals surface area contributed by atoms with Crippen molar-refractivity contribution in [1.29, 1.82) is 0 Å². The molecule has 4 nitrogen and oxygen atoms in total. The van der Waals surface area contributed by atoms with Crippen molar-refractivity contribution in [2.45, 2.75) is 6.17 Å². The van der Waals surface area contributed by atoms with Gasteiger partial charge in [-0.05, 0) is 17.5 Å². The quantitative estimate of drug-likeness (QED) is 0.931. The predicted molar refractivity (Wildman–Crippen MR) is 87.0 cm³/mol. The zero-order valence-corrected chi connectivity index (χ0v) is 13.1. The van der Waals surface area contributed by atoms with E-state index in [9.17, 15) is 0 Å². The van der Waals surface area contributed by atoms with Gasteiger partial charge in [0, 0.05) is 47.6 Å². The molecule has 1 aliphatic heterocycles. The molecule has 5 heteroatoms. The Morgan fingerprint density at radius 1 is 1.14 bits per heavy atom. The molecule has 0 fully saturated rings. The van der Waals surface area contributed by atoms with Crippen molar-refractivity contribution in [3.63, 3.8) is 0 Å². The first-order valence-electron chi connectivity index (χ1n) is 6.68. The van der Waals surface area contributed by atoms with Gasteiger partial charge in [0.25, 0.3) is 0 Å². The Balaban J connectivity index is 1.91. The number of ether oxygens (including phenoxy) is 2. The van der Waals surface area contributed by atoms with Gasteiger partial charge in [-0.2, -0.15) is 0 Å². The fraction of sp³-hybridized carbons (Fsp3) is 0.250. The van der Waals surface area contributed by atoms with E-state index in [1.807, 2.05) is 18.2 Å². The summed E-state index contributed by atoms with van der Waals surface area (Å²) in [6.45, 7) is 0. The van der Waals surface area contributed by atoms with Crippen LogP contribution in [0.25, 0.3) is 6.08 Å². The first-order chi connectivity index (χ1) is 10.2. The molecule has 1 aromatic carbocycles. The topological polar surface area (TPSA) is 33.7 Å². The molecule has 2 heterocycles. The van der Waals surface area contributed by atoms with E-state index in [0.717, 1.165) is 17.2 Å². The van der Waals surface area contributed by atoms with Crippen LogP contribution in [0.2, 0.25) is 0 Å². The summed E-state index contributed by atoms with van der Waals surface area (Å²) in [5, 5.41) is 5.66. The summed E-state index contributed by atoms with van der Waals surface area (Å²) in [5.41, 5.74) is 2.25. The first kappa shape index (κ1) is 13.8. The smallest absolute Gasteiger partial charge is 0.126 e. The van der Waals surface area contributed by atoms with Gasteiger partial charge in [0.15, 0.2) is 0 Å². The minimum atomic E-state index is 0.105. The molecule has 0 saturated heterocycles. The molecule has 0 spiro atoms. The largest absolute Gasteiger partial charge is 0.497 e. The fourth-order valence-corrected chi connectivity index (χ4v) is 3.23. The van der Waals surface area contributed by atoms with E-state index in [0.29, 0.717) is 0 Å². The summed E-state index contributed by atoms with van der Waals surface area (Å²) in [7, 11) is 5.38. The van der Waals surface area contributed by atoms with E-state index in [-0.39, 0.29) is 6.17 Å². The number of rotatable bonds is 4. The number of nitrogens with zero attached hydrogens (tertiary/aromatic N) is 1. The average molecular weight is 302 g/mol. The van der Waals surface area contributed by atoms with Crippen molar-refractivity contribution in [2.75, 3.05) is 26.6 Å². The monoisotopic (exact) mass is 302 g/mol. The van der Waals surface area contributed by atoms with Gasteiger partial charge in [-0.1, -0.05) is 0 Å². The van der Waals surface area contributed by atoms with Crippen molar-refractivity contribution in [3.05, 3.63) is 46.3 Å².